The molecule has 1 fully saturated rings. The molecule has 0 heterocycles. The van der Waals surface area contributed by atoms with Crippen LogP contribution in [-0.4, -0.2) is 36.2 Å². The van der Waals surface area contributed by atoms with Gasteiger partial charge in [-0.1, -0.05) is 25.0 Å². The Labute approximate surface area is 125 Å². The summed E-state index contributed by atoms with van der Waals surface area (Å²) in [5.74, 6) is 0.0618. The molecule has 0 unspecified atom stereocenters. The maximum Gasteiger partial charge on any atom is 0.317 e. The summed E-state index contributed by atoms with van der Waals surface area (Å²) in [6, 6.07) is 6.04. The van der Waals surface area contributed by atoms with Crippen LogP contribution in [-0.2, 0) is 0 Å². The van der Waals surface area contributed by atoms with Crippen molar-refractivity contribution < 1.29 is 14.3 Å². The summed E-state index contributed by atoms with van der Waals surface area (Å²) < 4.78 is 13.5. The fourth-order valence-corrected chi connectivity index (χ4v) is 2.96. The fraction of sp³-hybridized carbons (Fsp3) is 0.562. The molecule has 4 nitrogen and oxygen atoms in total. The molecule has 0 bridgehead atoms. The van der Waals surface area contributed by atoms with Gasteiger partial charge in [-0.3, -0.25) is 0 Å². The second kappa shape index (κ2) is 7.41. The van der Waals surface area contributed by atoms with E-state index >= 15 is 0 Å². The lowest BCUT2D eigenvalue weighted by Gasteiger charge is -2.28. The van der Waals surface area contributed by atoms with Crippen molar-refractivity contribution in [3.8, 4) is 0 Å². The first-order valence-corrected chi connectivity index (χ1v) is 7.49. The molecular weight excluding hydrogens is 271 g/mol. The van der Waals surface area contributed by atoms with Crippen LogP contribution >= 0.6 is 0 Å². The molecule has 2 N–H and O–H groups in total. The van der Waals surface area contributed by atoms with Gasteiger partial charge in [0.25, 0.3) is 0 Å². The lowest BCUT2D eigenvalue weighted by atomic mass is 9.91. The van der Waals surface area contributed by atoms with E-state index in [1.165, 1.54) is 17.0 Å². The van der Waals surface area contributed by atoms with E-state index in [1.807, 2.05) is 6.07 Å². The molecule has 1 aromatic carbocycles. The largest absolute Gasteiger partial charge is 0.395 e. The third-order valence-corrected chi connectivity index (χ3v) is 4.14. The van der Waals surface area contributed by atoms with E-state index in [-0.39, 0.29) is 31.0 Å². The van der Waals surface area contributed by atoms with Gasteiger partial charge in [-0.15, -0.1) is 0 Å². The number of nitrogens with one attached hydrogen (secondary N) is 1. The predicted molar refractivity (Wildman–Crippen MR) is 79.3 cm³/mol. The Bertz CT molecular complexity index is 475. The maximum absolute atomic E-state index is 13.5. The minimum atomic E-state index is -0.284. The molecule has 1 aromatic rings. The van der Waals surface area contributed by atoms with E-state index in [9.17, 15) is 9.18 Å². The number of hydrogen-bond donors (Lipinski definition) is 2. The molecule has 116 valence electrons. The second-order valence-corrected chi connectivity index (χ2v) is 5.67. The van der Waals surface area contributed by atoms with Gasteiger partial charge >= 0.3 is 6.03 Å². The van der Waals surface area contributed by atoms with Gasteiger partial charge in [0.1, 0.15) is 5.82 Å². The monoisotopic (exact) mass is 294 g/mol. The summed E-state index contributed by atoms with van der Waals surface area (Å²) >= 11 is 0. The first kappa shape index (κ1) is 15.8. The summed E-state index contributed by atoms with van der Waals surface area (Å²) in [5.41, 5.74) is 0.813. The number of hydrogen-bond acceptors (Lipinski definition) is 2. The number of carbonyl (C=O) groups is 1. The van der Waals surface area contributed by atoms with Crippen LogP contribution in [0.3, 0.4) is 0 Å². The molecule has 0 aliphatic heterocycles. The molecule has 2 amide bonds. The van der Waals surface area contributed by atoms with Gasteiger partial charge < -0.3 is 15.3 Å². The molecule has 0 aromatic heterocycles. The highest BCUT2D eigenvalue weighted by molar-refractivity contribution is 5.74. The molecular formula is C16H23FN2O2. The van der Waals surface area contributed by atoms with Gasteiger partial charge in [-0.2, -0.15) is 0 Å². The van der Waals surface area contributed by atoms with Crippen molar-refractivity contribution in [3.05, 3.63) is 35.6 Å². The maximum atomic E-state index is 13.5. The number of urea groups is 1. The van der Waals surface area contributed by atoms with E-state index in [2.05, 4.69) is 5.32 Å². The van der Waals surface area contributed by atoms with Crippen LogP contribution in [0, 0.1) is 11.7 Å². The van der Waals surface area contributed by atoms with E-state index in [0.29, 0.717) is 5.92 Å². The van der Waals surface area contributed by atoms with Gasteiger partial charge in [0.05, 0.1) is 12.6 Å². The molecule has 21 heavy (non-hydrogen) atoms. The van der Waals surface area contributed by atoms with Crippen LogP contribution in [0.4, 0.5) is 9.18 Å². The molecule has 0 spiro atoms. The van der Waals surface area contributed by atoms with Crippen molar-refractivity contribution in [2.75, 3.05) is 20.2 Å². The Morgan fingerprint density at radius 2 is 2.19 bits per heavy atom. The van der Waals surface area contributed by atoms with Crippen LogP contribution in [0.1, 0.15) is 37.3 Å². The van der Waals surface area contributed by atoms with Gasteiger partial charge in [-0.05, 0) is 36.5 Å². The van der Waals surface area contributed by atoms with Gasteiger partial charge in [0.2, 0.25) is 0 Å². The van der Waals surface area contributed by atoms with Crippen molar-refractivity contribution in [2.24, 2.45) is 5.92 Å². The molecule has 1 saturated carbocycles. The van der Waals surface area contributed by atoms with Crippen LogP contribution in [0.5, 0.6) is 0 Å². The number of halogens is 1. The third kappa shape index (κ3) is 4.17. The van der Waals surface area contributed by atoms with Gasteiger partial charge in [-0.25, -0.2) is 9.18 Å². The summed E-state index contributed by atoms with van der Waals surface area (Å²) in [4.78, 5) is 13.6. The summed E-state index contributed by atoms with van der Waals surface area (Å²) in [6.07, 6.45) is 4.40. The molecule has 0 radical (unpaired) electrons. The summed E-state index contributed by atoms with van der Waals surface area (Å²) in [7, 11) is 1.64. The number of likely N-dealkylation sites (N-methyl/N-ethyl adjacent to an activating group) is 1. The summed E-state index contributed by atoms with van der Waals surface area (Å²) in [6.45, 7) is 0.213. The molecule has 2 rings (SSSR count). The lowest BCUT2D eigenvalue weighted by molar-refractivity contribution is 0.182. The van der Waals surface area contributed by atoms with Crippen molar-refractivity contribution in [1.82, 2.24) is 10.2 Å². The minimum Gasteiger partial charge on any atom is -0.395 e. The highest BCUT2D eigenvalue weighted by atomic mass is 19.1. The topological polar surface area (TPSA) is 52.6 Å². The lowest BCUT2D eigenvalue weighted by Crippen LogP contribution is -2.42. The zero-order chi connectivity index (χ0) is 15.2. The normalized spacial score (nSPS) is 16.7. The third-order valence-electron chi connectivity index (χ3n) is 4.14. The highest BCUT2D eigenvalue weighted by Gasteiger charge is 2.28. The zero-order valence-corrected chi connectivity index (χ0v) is 12.4. The molecule has 1 aliphatic rings. The van der Waals surface area contributed by atoms with Crippen LogP contribution < -0.4 is 5.32 Å². The number of rotatable bonds is 5. The van der Waals surface area contributed by atoms with Crippen LogP contribution in [0.25, 0.3) is 0 Å². The number of aliphatic hydroxyl groups excluding tert-OH is 1. The Morgan fingerprint density at radius 1 is 1.48 bits per heavy atom. The highest BCUT2D eigenvalue weighted by Crippen LogP contribution is 2.36. The van der Waals surface area contributed by atoms with Gasteiger partial charge in [0.15, 0.2) is 0 Å². The second-order valence-electron chi connectivity index (χ2n) is 5.67. The number of nitrogens with zero attached hydrogens (tertiary/aromatic N) is 1. The smallest absolute Gasteiger partial charge is 0.317 e. The Kier molecular flexibility index (Phi) is 5.56. The Balaban J connectivity index is 2.14. The SMILES string of the molecule is CN(CCO)C(=O)N[C@H](c1cccc(F)c1)C1CCCC1. The first-order chi connectivity index (χ1) is 10.1. The van der Waals surface area contributed by atoms with Crippen molar-refractivity contribution in [3.63, 3.8) is 0 Å². The fourth-order valence-electron chi connectivity index (χ4n) is 2.96. The van der Waals surface area contributed by atoms with E-state index in [1.54, 1.807) is 13.1 Å². The van der Waals surface area contributed by atoms with Crippen molar-refractivity contribution >= 4 is 6.03 Å². The van der Waals surface area contributed by atoms with Gasteiger partial charge in [0, 0.05) is 13.6 Å². The number of amides is 2. The number of benzene rings is 1. The van der Waals surface area contributed by atoms with E-state index in [4.69, 9.17) is 5.11 Å². The number of carbonyl (C=O) groups excluding carboxylic acids is 1. The molecule has 5 heteroatoms. The first-order valence-electron chi connectivity index (χ1n) is 7.49. The number of aliphatic hydroxyl groups is 1. The minimum absolute atomic E-state index is 0.0714. The molecule has 1 aliphatic carbocycles. The molecule has 0 saturated heterocycles. The van der Waals surface area contributed by atoms with E-state index in [0.717, 1.165) is 31.2 Å². The standard InChI is InChI=1S/C16H23FN2O2/c1-19(9-10-20)16(21)18-15(12-5-2-3-6-12)13-7-4-8-14(17)11-13/h4,7-8,11-12,15,20H,2-3,5-6,9-10H2,1H3,(H,18,21)/t15-/m0/s1. The summed E-state index contributed by atoms with van der Waals surface area (Å²) in [5, 5.41) is 11.9. The van der Waals surface area contributed by atoms with Crippen molar-refractivity contribution in [2.45, 2.75) is 31.7 Å². The van der Waals surface area contributed by atoms with E-state index < -0.39 is 0 Å². The zero-order valence-electron chi connectivity index (χ0n) is 12.4. The average molecular weight is 294 g/mol. The Morgan fingerprint density at radius 3 is 2.81 bits per heavy atom. The quantitative estimate of drug-likeness (QED) is 0.877. The molecule has 1 atom stereocenters. The van der Waals surface area contributed by atoms with Crippen LogP contribution in [0.15, 0.2) is 24.3 Å². The Hall–Kier alpha value is -1.62. The van der Waals surface area contributed by atoms with Crippen LogP contribution in [0.2, 0.25) is 0 Å². The predicted octanol–water partition coefficient (Wildman–Crippen LogP) is 2.69. The van der Waals surface area contributed by atoms with Crippen molar-refractivity contribution in [1.29, 1.82) is 0 Å². The average Bonchev–Trinajstić information content (AvgIpc) is 2.98.